The average molecular weight is 390 g/mol. The number of carbonyl (C=O) groups is 1. The summed E-state index contributed by atoms with van der Waals surface area (Å²) in [5, 5.41) is 3.00. The van der Waals surface area contributed by atoms with Crippen molar-refractivity contribution in [2.24, 2.45) is 0 Å². The fourth-order valence-electron chi connectivity index (χ4n) is 2.79. The fraction of sp³-hybridized carbons (Fsp3) is 0.350. The number of rotatable bonds is 6. The lowest BCUT2D eigenvalue weighted by atomic mass is 9.99. The quantitative estimate of drug-likeness (QED) is 0.826. The van der Waals surface area contributed by atoms with Gasteiger partial charge in [-0.05, 0) is 56.2 Å². The first-order chi connectivity index (χ1) is 12.5. The van der Waals surface area contributed by atoms with Crippen LogP contribution in [0.1, 0.15) is 40.0 Å². The smallest absolute Gasteiger partial charge is 0.303 e. The van der Waals surface area contributed by atoms with E-state index in [1.165, 1.54) is 25.4 Å². The Labute approximate surface area is 162 Å². The van der Waals surface area contributed by atoms with Crippen molar-refractivity contribution >= 4 is 21.8 Å². The van der Waals surface area contributed by atoms with Crippen molar-refractivity contribution in [3.05, 3.63) is 64.7 Å². The van der Waals surface area contributed by atoms with E-state index in [0.29, 0.717) is 11.3 Å². The Morgan fingerprint density at radius 2 is 1.59 bits per heavy atom. The minimum absolute atomic E-state index is 0.131. The van der Waals surface area contributed by atoms with Crippen LogP contribution in [0.15, 0.2) is 42.5 Å². The van der Waals surface area contributed by atoms with Crippen LogP contribution in [0.25, 0.3) is 0 Å². The van der Waals surface area contributed by atoms with E-state index >= 15 is 0 Å². The number of nitrogens with zero attached hydrogens (tertiary/aromatic N) is 2. The lowest BCUT2D eigenvalue weighted by molar-refractivity contribution is 0.0940. The zero-order valence-electron chi connectivity index (χ0n) is 16.6. The van der Waals surface area contributed by atoms with E-state index in [-0.39, 0.29) is 11.9 Å². The second-order valence-corrected chi connectivity index (χ2v) is 9.03. The maximum absolute atomic E-state index is 12.6. The van der Waals surface area contributed by atoms with Gasteiger partial charge >= 0.3 is 10.2 Å². The first-order valence-electron chi connectivity index (χ1n) is 8.68. The number of anilines is 1. The predicted molar refractivity (Wildman–Crippen MR) is 109 cm³/mol. The summed E-state index contributed by atoms with van der Waals surface area (Å²) in [5.41, 5.74) is 4.32. The van der Waals surface area contributed by atoms with Crippen LogP contribution in [0.3, 0.4) is 0 Å². The zero-order chi connectivity index (χ0) is 20.4. The zero-order valence-corrected chi connectivity index (χ0v) is 17.5. The molecule has 0 fully saturated rings. The van der Waals surface area contributed by atoms with Crippen LogP contribution in [0.5, 0.6) is 0 Å². The molecule has 0 radical (unpaired) electrons. The van der Waals surface area contributed by atoms with Crippen molar-refractivity contribution in [2.75, 3.05) is 25.4 Å². The van der Waals surface area contributed by atoms with Gasteiger partial charge in [-0.25, -0.2) is 0 Å². The van der Waals surface area contributed by atoms with E-state index in [2.05, 4.69) is 11.4 Å². The molecule has 0 aliphatic rings. The molecule has 1 N–H and O–H groups in total. The van der Waals surface area contributed by atoms with Gasteiger partial charge < -0.3 is 5.32 Å². The van der Waals surface area contributed by atoms with Crippen LogP contribution in [0, 0.1) is 13.8 Å². The maximum Gasteiger partial charge on any atom is 0.303 e. The third kappa shape index (κ3) is 4.67. The number of carbonyl (C=O) groups excluding carboxylic acids is 1. The van der Waals surface area contributed by atoms with Crippen molar-refractivity contribution in [3.8, 4) is 0 Å². The van der Waals surface area contributed by atoms with Gasteiger partial charge in [0.25, 0.3) is 5.91 Å². The number of nitrogens with one attached hydrogen (secondary N) is 1. The molecule has 27 heavy (non-hydrogen) atoms. The summed E-state index contributed by atoms with van der Waals surface area (Å²) >= 11 is 0. The first-order valence-corrected chi connectivity index (χ1v) is 10.1. The van der Waals surface area contributed by atoms with Gasteiger partial charge in [0.2, 0.25) is 0 Å². The van der Waals surface area contributed by atoms with Gasteiger partial charge in [-0.2, -0.15) is 12.7 Å². The Kier molecular flexibility index (Phi) is 6.28. The van der Waals surface area contributed by atoms with E-state index in [4.69, 9.17) is 0 Å². The molecule has 7 heteroatoms. The largest absolute Gasteiger partial charge is 0.346 e. The summed E-state index contributed by atoms with van der Waals surface area (Å²) < 4.78 is 26.7. The number of aryl methyl sites for hydroxylation is 2. The van der Waals surface area contributed by atoms with Gasteiger partial charge in [-0.15, -0.1) is 0 Å². The Hall–Kier alpha value is -2.38. The van der Waals surface area contributed by atoms with E-state index < -0.39 is 10.2 Å². The van der Waals surface area contributed by atoms with Gasteiger partial charge in [0.1, 0.15) is 0 Å². The molecule has 2 aromatic rings. The molecule has 0 heterocycles. The standard InChI is InChI=1S/C20H27N3O3S/c1-14-7-8-15(2)19(13-14)16(3)21-20(24)17-9-11-18(12-10-17)23(6)27(25,26)22(4)5/h7-13,16H,1-6H3,(H,21,24)/t16-/m1/s1. The molecule has 0 aliphatic carbocycles. The normalized spacial score (nSPS) is 12.7. The SMILES string of the molecule is Cc1ccc(C)c([C@@H](C)NC(=O)c2ccc(N(C)S(=O)(=O)N(C)C)cc2)c1. The summed E-state index contributed by atoms with van der Waals surface area (Å²) in [6.07, 6.45) is 0. The highest BCUT2D eigenvalue weighted by atomic mass is 32.2. The molecular weight excluding hydrogens is 362 g/mol. The molecular formula is C20H27N3O3S. The van der Waals surface area contributed by atoms with Crippen molar-refractivity contribution in [3.63, 3.8) is 0 Å². The summed E-state index contributed by atoms with van der Waals surface area (Å²) in [4.78, 5) is 12.6. The van der Waals surface area contributed by atoms with Crippen LogP contribution in [0.4, 0.5) is 5.69 Å². The third-order valence-electron chi connectivity index (χ3n) is 4.55. The second kappa shape index (κ2) is 8.10. The molecule has 6 nitrogen and oxygen atoms in total. The topological polar surface area (TPSA) is 69.7 Å². The molecule has 2 aromatic carbocycles. The predicted octanol–water partition coefficient (Wildman–Crippen LogP) is 3.04. The number of amides is 1. The van der Waals surface area contributed by atoms with Crippen LogP contribution in [-0.2, 0) is 10.2 Å². The number of hydrogen-bond donors (Lipinski definition) is 1. The Bertz CT molecular complexity index is 922. The monoisotopic (exact) mass is 389 g/mol. The Balaban J connectivity index is 2.15. The molecule has 0 spiro atoms. The lowest BCUT2D eigenvalue weighted by Gasteiger charge is -2.23. The average Bonchev–Trinajstić information content (AvgIpc) is 2.62. The molecule has 1 amide bonds. The highest BCUT2D eigenvalue weighted by Gasteiger charge is 2.21. The van der Waals surface area contributed by atoms with Gasteiger partial charge in [-0.1, -0.05) is 23.8 Å². The molecule has 0 bridgehead atoms. The van der Waals surface area contributed by atoms with Crippen LogP contribution in [0.2, 0.25) is 0 Å². The second-order valence-electron chi connectivity index (χ2n) is 6.86. The van der Waals surface area contributed by atoms with E-state index in [1.807, 2.05) is 32.9 Å². The molecule has 2 rings (SSSR count). The minimum atomic E-state index is -3.56. The molecule has 0 aromatic heterocycles. The van der Waals surface area contributed by atoms with Crippen LogP contribution >= 0.6 is 0 Å². The number of hydrogen-bond acceptors (Lipinski definition) is 3. The summed E-state index contributed by atoms with van der Waals surface area (Å²) in [6.45, 7) is 5.99. The summed E-state index contributed by atoms with van der Waals surface area (Å²) in [7, 11) is 0.867. The molecule has 0 saturated carbocycles. The molecule has 0 aliphatic heterocycles. The van der Waals surface area contributed by atoms with E-state index in [9.17, 15) is 13.2 Å². The fourth-order valence-corrected chi connectivity index (χ4v) is 3.66. The van der Waals surface area contributed by atoms with E-state index in [1.54, 1.807) is 24.3 Å². The first kappa shape index (κ1) is 20.9. The Morgan fingerprint density at radius 3 is 2.15 bits per heavy atom. The van der Waals surface area contributed by atoms with Crippen molar-refractivity contribution in [1.29, 1.82) is 0 Å². The highest BCUT2D eigenvalue weighted by molar-refractivity contribution is 7.90. The Morgan fingerprint density at radius 1 is 1.00 bits per heavy atom. The summed E-state index contributed by atoms with van der Waals surface area (Å²) in [6, 6.07) is 12.5. The van der Waals surface area contributed by atoms with Crippen LogP contribution in [-0.4, -0.2) is 39.8 Å². The lowest BCUT2D eigenvalue weighted by Crippen LogP contribution is -2.37. The van der Waals surface area contributed by atoms with Crippen molar-refractivity contribution in [2.45, 2.75) is 26.8 Å². The minimum Gasteiger partial charge on any atom is -0.346 e. The highest BCUT2D eigenvalue weighted by Crippen LogP contribution is 2.21. The molecule has 1 atom stereocenters. The number of benzene rings is 2. The molecule has 0 unspecified atom stereocenters. The van der Waals surface area contributed by atoms with Crippen molar-refractivity contribution < 1.29 is 13.2 Å². The van der Waals surface area contributed by atoms with Crippen LogP contribution < -0.4 is 9.62 Å². The van der Waals surface area contributed by atoms with Crippen molar-refractivity contribution in [1.82, 2.24) is 9.62 Å². The van der Waals surface area contributed by atoms with Gasteiger partial charge in [0.05, 0.1) is 11.7 Å². The van der Waals surface area contributed by atoms with Gasteiger partial charge in [0.15, 0.2) is 0 Å². The molecule has 0 saturated heterocycles. The molecule has 146 valence electrons. The van der Waals surface area contributed by atoms with Gasteiger partial charge in [0, 0.05) is 26.7 Å². The maximum atomic E-state index is 12.6. The van der Waals surface area contributed by atoms with E-state index in [0.717, 1.165) is 21.0 Å². The summed E-state index contributed by atoms with van der Waals surface area (Å²) in [5.74, 6) is -0.201. The third-order valence-corrected chi connectivity index (χ3v) is 6.38. The van der Waals surface area contributed by atoms with Gasteiger partial charge in [-0.3, -0.25) is 9.10 Å².